The molecule has 0 amide bonds. The van der Waals surface area contributed by atoms with Crippen LogP contribution in [0.1, 0.15) is 0 Å². The Morgan fingerprint density at radius 3 is 2.00 bits per heavy atom. The Kier molecular flexibility index (Phi) is 5.04. The fourth-order valence-corrected chi connectivity index (χ4v) is 3.69. The van der Waals surface area contributed by atoms with Gasteiger partial charge in [-0.05, 0) is 24.3 Å². The van der Waals surface area contributed by atoms with Crippen molar-refractivity contribution in [3.05, 3.63) is 85.3 Å². The Morgan fingerprint density at radius 2 is 1.30 bits per heavy atom. The lowest BCUT2D eigenvalue weighted by atomic mass is 10.1. The van der Waals surface area contributed by atoms with Crippen LogP contribution in [0, 0.1) is 0 Å². The molecule has 1 fully saturated rings. The van der Waals surface area contributed by atoms with Crippen LogP contribution in [0.25, 0.3) is 22.6 Å². The lowest BCUT2D eigenvalue weighted by molar-refractivity contribution is 0.641. The van der Waals surface area contributed by atoms with Gasteiger partial charge in [-0.2, -0.15) is 0 Å². The molecule has 6 heteroatoms. The maximum absolute atomic E-state index is 4.92. The summed E-state index contributed by atoms with van der Waals surface area (Å²) in [4.78, 5) is 23.0. The van der Waals surface area contributed by atoms with Crippen LogP contribution in [0.15, 0.2) is 85.3 Å². The molecule has 0 radical (unpaired) electrons. The van der Waals surface area contributed by atoms with E-state index in [0.29, 0.717) is 0 Å². The van der Waals surface area contributed by atoms with E-state index in [0.717, 1.165) is 60.5 Å². The zero-order chi connectivity index (χ0) is 20.2. The summed E-state index contributed by atoms with van der Waals surface area (Å²) in [6, 6.07) is 22.2. The van der Waals surface area contributed by atoms with Gasteiger partial charge in [0.05, 0.1) is 5.69 Å². The van der Waals surface area contributed by atoms with Crippen molar-refractivity contribution in [1.82, 2.24) is 19.9 Å². The molecule has 3 aromatic heterocycles. The number of hydrogen-bond donors (Lipinski definition) is 0. The fourth-order valence-electron chi connectivity index (χ4n) is 3.69. The average molecular weight is 394 g/mol. The molecule has 5 rings (SSSR count). The largest absolute Gasteiger partial charge is 0.353 e. The second kappa shape index (κ2) is 8.29. The van der Waals surface area contributed by atoms with Crippen molar-refractivity contribution in [3.63, 3.8) is 0 Å². The Labute approximate surface area is 175 Å². The summed E-state index contributed by atoms with van der Waals surface area (Å²) in [5.74, 6) is 2.73. The van der Waals surface area contributed by atoms with Crippen LogP contribution in [0.4, 0.5) is 11.6 Å². The highest BCUT2D eigenvalue weighted by Gasteiger charge is 2.20. The van der Waals surface area contributed by atoms with Gasteiger partial charge >= 0.3 is 0 Å². The maximum Gasteiger partial charge on any atom is 0.162 e. The zero-order valence-electron chi connectivity index (χ0n) is 16.6. The molecule has 0 atom stereocenters. The number of piperazine rings is 1. The average Bonchev–Trinajstić information content (AvgIpc) is 2.85. The van der Waals surface area contributed by atoms with E-state index >= 15 is 0 Å². The number of anilines is 2. The van der Waals surface area contributed by atoms with Gasteiger partial charge in [0.15, 0.2) is 5.82 Å². The van der Waals surface area contributed by atoms with Gasteiger partial charge in [0.2, 0.25) is 0 Å². The highest BCUT2D eigenvalue weighted by molar-refractivity contribution is 5.67. The zero-order valence-corrected chi connectivity index (χ0v) is 16.6. The van der Waals surface area contributed by atoms with Crippen molar-refractivity contribution in [2.75, 3.05) is 36.0 Å². The predicted octanol–water partition coefficient (Wildman–Crippen LogP) is 3.93. The second-order valence-electron chi connectivity index (χ2n) is 7.20. The molecule has 148 valence electrons. The molecular formula is C24H22N6. The molecule has 6 nitrogen and oxygen atoms in total. The van der Waals surface area contributed by atoms with E-state index in [1.54, 1.807) is 12.4 Å². The molecule has 0 spiro atoms. The number of rotatable bonds is 4. The molecule has 1 saturated heterocycles. The Morgan fingerprint density at radius 1 is 0.600 bits per heavy atom. The van der Waals surface area contributed by atoms with Gasteiger partial charge in [0.25, 0.3) is 0 Å². The maximum atomic E-state index is 4.92. The van der Waals surface area contributed by atoms with Gasteiger partial charge < -0.3 is 9.80 Å². The molecule has 30 heavy (non-hydrogen) atoms. The van der Waals surface area contributed by atoms with Crippen LogP contribution in [-0.2, 0) is 0 Å². The smallest absolute Gasteiger partial charge is 0.162 e. The van der Waals surface area contributed by atoms with Gasteiger partial charge in [-0.3, -0.25) is 4.98 Å². The molecule has 0 bridgehead atoms. The number of pyridine rings is 2. The quantitative estimate of drug-likeness (QED) is 0.523. The number of aromatic nitrogens is 4. The molecule has 4 aromatic rings. The monoisotopic (exact) mass is 394 g/mol. The van der Waals surface area contributed by atoms with Crippen molar-refractivity contribution in [2.45, 2.75) is 0 Å². The number of hydrogen-bond acceptors (Lipinski definition) is 6. The van der Waals surface area contributed by atoms with Gasteiger partial charge in [0, 0.05) is 62.0 Å². The van der Waals surface area contributed by atoms with E-state index in [1.807, 2.05) is 48.7 Å². The summed E-state index contributed by atoms with van der Waals surface area (Å²) in [6.45, 7) is 3.59. The van der Waals surface area contributed by atoms with Crippen molar-refractivity contribution < 1.29 is 0 Å². The third-order valence-electron chi connectivity index (χ3n) is 5.30. The highest BCUT2D eigenvalue weighted by Crippen LogP contribution is 2.27. The first-order valence-corrected chi connectivity index (χ1v) is 10.1. The Hall–Kier alpha value is -3.80. The second-order valence-corrected chi connectivity index (χ2v) is 7.20. The predicted molar refractivity (Wildman–Crippen MR) is 119 cm³/mol. The minimum atomic E-state index is 0.743. The molecule has 4 heterocycles. The summed E-state index contributed by atoms with van der Waals surface area (Å²) < 4.78 is 0. The summed E-state index contributed by atoms with van der Waals surface area (Å²) in [5, 5.41) is 0. The van der Waals surface area contributed by atoms with Gasteiger partial charge in [0.1, 0.15) is 11.6 Å². The van der Waals surface area contributed by atoms with E-state index in [4.69, 9.17) is 9.97 Å². The molecule has 0 aliphatic carbocycles. The van der Waals surface area contributed by atoms with Crippen LogP contribution in [0.2, 0.25) is 0 Å². The van der Waals surface area contributed by atoms with Crippen LogP contribution >= 0.6 is 0 Å². The van der Waals surface area contributed by atoms with E-state index in [-0.39, 0.29) is 0 Å². The van der Waals surface area contributed by atoms with Crippen LogP contribution in [0.5, 0.6) is 0 Å². The Balaban J connectivity index is 1.46. The Bertz CT molecular complexity index is 1040. The molecule has 0 unspecified atom stereocenters. The third kappa shape index (κ3) is 3.85. The topological polar surface area (TPSA) is 58.0 Å². The van der Waals surface area contributed by atoms with Gasteiger partial charge in [-0.25, -0.2) is 15.0 Å². The minimum absolute atomic E-state index is 0.743. The molecule has 0 saturated carbocycles. The van der Waals surface area contributed by atoms with E-state index in [1.165, 1.54) is 0 Å². The fraction of sp³-hybridized carbons (Fsp3) is 0.167. The van der Waals surface area contributed by atoms with E-state index < -0.39 is 0 Å². The molecular weight excluding hydrogens is 372 g/mol. The normalized spacial score (nSPS) is 14.0. The van der Waals surface area contributed by atoms with Crippen LogP contribution in [0.3, 0.4) is 0 Å². The first-order valence-electron chi connectivity index (χ1n) is 10.1. The SMILES string of the molecule is c1ccc(-c2nc(-c3ccncc3)cc(N3CCN(c4ccccn4)CC3)n2)cc1. The van der Waals surface area contributed by atoms with E-state index in [2.05, 4.69) is 44.0 Å². The summed E-state index contributed by atoms with van der Waals surface area (Å²) in [5.41, 5.74) is 2.97. The molecule has 0 N–H and O–H groups in total. The van der Waals surface area contributed by atoms with Gasteiger partial charge in [-0.1, -0.05) is 36.4 Å². The third-order valence-corrected chi connectivity index (χ3v) is 5.30. The van der Waals surface area contributed by atoms with E-state index in [9.17, 15) is 0 Å². The van der Waals surface area contributed by atoms with Crippen LogP contribution in [-0.4, -0.2) is 46.1 Å². The summed E-state index contributed by atoms with van der Waals surface area (Å²) in [6.07, 6.45) is 5.44. The minimum Gasteiger partial charge on any atom is -0.353 e. The lowest BCUT2D eigenvalue weighted by Crippen LogP contribution is -2.47. The first kappa shape index (κ1) is 18.2. The lowest BCUT2D eigenvalue weighted by Gasteiger charge is -2.36. The first-order chi connectivity index (χ1) is 14.9. The standard InChI is InChI=1S/C24H22N6/c1-2-6-20(7-3-1)24-27-21(19-9-12-25-13-10-19)18-23(28-24)30-16-14-29(15-17-30)22-8-4-5-11-26-22/h1-13,18H,14-17H2. The van der Waals surface area contributed by atoms with Crippen molar-refractivity contribution in [3.8, 4) is 22.6 Å². The number of benzene rings is 1. The van der Waals surface area contributed by atoms with Crippen molar-refractivity contribution in [2.24, 2.45) is 0 Å². The molecule has 1 aliphatic heterocycles. The van der Waals surface area contributed by atoms with Crippen molar-refractivity contribution >= 4 is 11.6 Å². The van der Waals surface area contributed by atoms with Crippen LogP contribution < -0.4 is 9.80 Å². The summed E-state index contributed by atoms with van der Waals surface area (Å²) in [7, 11) is 0. The molecule has 1 aliphatic rings. The number of nitrogens with zero attached hydrogens (tertiary/aromatic N) is 6. The highest BCUT2D eigenvalue weighted by atomic mass is 15.3. The molecule has 1 aromatic carbocycles. The van der Waals surface area contributed by atoms with Gasteiger partial charge in [-0.15, -0.1) is 0 Å². The summed E-state index contributed by atoms with van der Waals surface area (Å²) >= 11 is 0. The van der Waals surface area contributed by atoms with Crippen molar-refractivity contribution in [1.29, 1.82) is 0 Å².